The summed E-state index contributed by atoms with van der Waals surface area (Å²) in [7, 11) is 1.29. The van der Waals surface area contributed by atoms with Crippen LogP contribution in [0.15, 0.2) is 216 Å². The van der Waals surface area contributed by atoms with Gasteiger partial charge < -0.3 is 48.9 Å². The molecule has 0 atom stereocenters. The molecule has 14 rings (SSSR count). The van der Waals surface area contributed by atoms with E-state index >= 15 is 0 Å². The van der Waals surface area contributed by atoms with Gasteiger partial charge in [-0.2, -0.15) is 10.2 Å². The zero-order valence-corrected chi connectivity index (χ0v) is 80.0. The highest BCUT2D eigenvalue weighted by Crippen LogP contribution is 2.41. The van der Waals surface area contributed by atoms with Crippen LogP contribution < -0.4 is 44.6 Å². The van der Waals surface area contributed by atoms with Crippen molar-refractivity contribution in [2.24, 2.45) is 0 Å². The normalized spacial score (nSPS) is 10.5. The van der Waals surface area contributed by atoms with E-state index in [9.17, 15) is 60.2 Å². The molecule has 688 valence electrons. The maximum atomic E-state index is 13.3. The molecule has 2 amide bonds. The van der Waals surface area contributed by atoms with Gasteiger partial charge in [0.15, 0.2) is 5.15 Å². The molecule has 0 fully saturated rings. The number of aryl methyl sites for hydroxylation is 12. The second kappa shape index (κ2) is 47.6. The molecule has 0 spiro atoms. The lowest BCUT2D eigenvalue weighted by molar-refractivity contribution is 0.0596. The Balaban J connectivity index is 0.000000181. The fourth-order valence-corrected chi connectivity index (χ4v) is 13.5. The zero-order valence-electron chi connectivity index (χ0n) is 72.4. The van der Waals surface area contributed by atoms with Gasteiger partial charge in [-0.05, 0) is 323 Å². The highest BCUT2D eigenvalue weighted by molar-refractivity contribution is 9.10. The van der Waals surface area contributed by atoms with Crippen LogP contribution in [0.2, 0.25) is 35.3 Å². The first-order chi connectivity index (χ1) is 62.8. The number of nitrogens with one attached hydrogen (secondary N) is 3. The third-order valence-electron chi connectivity index (χ3n) is 18.8. The number of aromatic carboxylic acids is 1. The molecule has 0 aliphatic rings. The van der Waals surface area contributed by atoms with Crippen LogP contribution in [0.1, 0.15) is 119 Å². The number of benzene rings is 12. The molecule has 0 saturated carbocycles. The number of methoxy groups -OCH3 is 1. The van der Waals surface area contributed by atoms with E-state index in [1.54, 1.807) is 125 Å². The molecule has 0 radical (unpaired) electrons. The minimum Gasteiger partial charge on any atom is -0.478 e. The van der Waals surface area contributed by atoms with Crippen molar-refractivity contribution in [1.29, 1.82) is 0 Å². The summed E-state index contributed by atoms with van der Waals surface area (Å²) in [6, 6.07) is 46.5. The van der Waals surface area contributed by atoms with Crippen molar-refractivity contribution in [1.82, 2.24) is 20.4 Å². The lowest BCUT2D eigenvalue weighted by atomic mass is 10.1. The summed E-state index contributed by atoms with van der Waals surface area (Å²) in [5.74, 6) is -0.318. The molecule has 14 aromatic rings. The predicted molar refractivity (Wildman–Crippen MR) is 508 cm³/mol. The fourth-order valence-electron chi connectivity index (χ4n) is 11.7. The average Bonchev–Trinajstić information content (AvgIpc) is 0.824. The van der Waals surface area contributed by atoms with Gasteiger partial charge in [0.1, 0.15) is 115 Å². The number of ether oxygens (including phenoxy) is 7. The van der Waals surface area contributed by atoms with Gasteiger partial charge in [-0.25, -0.2) is 41.0 Å². The molecular formula is C98H77BrCl8F6N6O14. The van der Waals surface area contributed by atoms with Gasteiger partial charge in [-0.1, -0.05) is 81.2 Å². The Kier molecular flexibility index (Phi) is 37.2. The molecule has 133 heavy (non-hydrogen) atoms. The Morgan fingerprint density at radius 2 is 0.609 bits per heavy atom. The summed E-state index contributed by atoms with van der Waals surface area (Å²) in [6.07, 6.45) is 2.68. The first kappa shape index (κ1) is 104. The van der Waals surface area contributed by atoms with Crippen LogP contribution in [-0.2, 0) is 4.74 Å². The smallest absolute Gasteiger partial charge is 0.341 e. The van der Waals surface area contributed by atoms with Crippen molar-refractivity contribution >= 4 is 149 Å². The van der Waals surface area contributed by atoms with Gasteiger partial charge in [0.05, 0.1) is 52.0 Å². The SMILES string of the molecule is COC(=O)c1cc(C)c(Cl)cc1Oc1ccc(F)cc1C.Cc1cc(Br)c(Oc2ccc(F)cc2C)cc1Cl.Cc1cc(C(=O)Cl)c(Oc2ccc(F)cc2C)cc1Cl.Cc1cc(C(=O)Nc2cn[nH]c(=O)c2)c(Oc2ccc(F)cc2C)cc1Cl.Cc1cc(C(=O)Nc2cnnc(Cl)c2)c(Oc2ccc(F)cc2C)cc1Cl.Cc1cc(C(=O)O)c(Oc2ccc(F)cc2C)cc1Cl. The van der Waals surface area contributed by atoms with Crippen LogP contribution in [0.25, 0.3) is 0 Å². The Labute approximate surface area is 808 Å². The number of H-pyrrole nitrogens is 1. The first-order valence-electron chi connectivity index (χ1n) is 39.1. The van der Waals surface area contributed by atoms with Crippen molar-refractivity contribution in [3.05, 3.63) is 386 Å². The van der Waals surface area contributed by atoms with Crippen molar-refractivity contribution in [3.63, 3.8) is 0 Å². The number of carboxylic acid groups (broad SMARTS) is 1. The van der Waals surface area contributed by atoms with Crippen molar-refractivity contribution < 1.29 is 88.6 Å². The van der Waals surface area contributed by atoms with Gasteiger partial charge in [-0.3, -0.25) is 19.2 Å². The number of anilines is 2. The van der Waals surface area contributed by atoms with Gasteiger partial charge in [-0.15, -0.1) is 5.10 Å². The molecule has 0 bridgehead atoms. The number of halogens is 15. The molecule has 20 nitrogen and oxygen atoms in total. The molecule has 35 heteroatoms. The van der Waals surface area contributed by atoms with Crippen molar-refractivity contribution in [2.75, 3.05) is 17.7 Å². The first-order valence-corrected chi connectivity index (χ1v) is 42.9. The predicted octanol–water partition coefficient (Wildman–Crippen LogP) is 30.0. The minimum atomic E-state index is -1.11. The summed E-state index contributed by atoms with van der Waals surface area (Å²) in [5, 5.41) is 30.0. The number of hydrogen-bond donors (Lipinski definition) is 4. The van der Waals surface area contributed by atoms with Crippen LogP contribution in [-0.4, -0.2) is 61.6 Å². The summed E-state index contributed by atoms with van der Waals surface area (Å²) in [5.41, 5.74) is 9.26. The van der Waals surface area contributed by atoms with E-state index in [0.717, 1.165) is 26.7 Å². The monoisotopic (exact) mass is 2030 g/mol. The number of amides is 2. The van der Waals surface area contributed by atoms with E-state index in [1.165, 1.54) is 159 Å². The number of esters is 1. The zero-order chi connectivity index (χ0) is 97.7. The van der Waals surface area contributed by atoms with E-state index in [2.05, 4.69) is 47.0 Å². The Hall–Kier alpha value is -12.7. The molecule has 0 unspecified atom stereocenters. The fraction of sp³-hybridized carbons (Fsp3) is 0.133. The van der Waals surface area contributed by atoms with Gasteiger partial charge >= 0.3 is 11.9 Å². The number of aromatic nitrogens is 4. The Morgan fingerprint density at radius 1 is 0.338 bits per heavy atom. The molecule has 0 saturated heterocycles. The third-order valence-corrected chi connectivity index (χ3v) is 22.3. The van der Waals surface area contributed by atoms with Gasteiger partial charge in [0, 0.05) is 78.7 Å². The largest absolute Gasteiger partial charge is 0.478 e. The number of nitrogens with zero attached hydrogens (tertiary/aromatic N) is 3. The Morgan fingerprint density at radius 3 is 0.910 bits per heavy atom. The van der Waals surface area contributed by atoms with Crippen LogP contribution >= 0.6 is 109 Å². The van der Waals surface area contributed by atoms with Crippen LogP contribution in [0.5, 0.6) is 69.0 Å². The highest BCUT2D eigenvalue weighted by atomic mass is 79.9. The molecular weight excluding hydrogens is 1960 g/mol. The van der Waals surface area contributed by atoms with E-state index in [0.29, 0.717) is 121 Å². The maximum absolute atomic E-state index is 13.3. The maximum Gasteiger partial charge on any atom is 0.341 e. The number of carboxylic acids is 1. The number of aromatic amines is 1. The van der Waals surface area contributed by atoms with E-state index < -0.39 is 34.6 Å². The van der Waals surface area contributed by atoms with Crippen LogP contribution in [0, 0.1) is 118 Å². The standard InChI is InChI=1S/C19H14Cl2FN3O2.C19H15ClFN3O3.C16H14ClFO3.C15H11Cl2FO2.C15H12ClFO3.C14H11BrClFO/c1-10-6-14(19(26)24-13-7-18(21)25-23-9-13)17(8-15(10)20)27-16-4-3-12(22)5-11(16)2;1-10-6-14(19(26)23-13-7-18(25)24-22-9-13)17(8-15(10)20)27-16-4-3-12(21)5-11(16)2;1-9-7-12(16(19)20-3)15(8-13(9)17)21-14-5-4-11(18)6-10(14)2;1-8-6-11(15(17)19)14(7-12(8)16)20-13-4-3-10(18)5-9(13)2;1-8-6-11(15(18)19)14(7-12(8)16)20-13-4-3-10(17)5-9(13)2;1-8-6-11(15)14(7-12(8)16)18-13-4-3-10(17)5-9(13)2/h3-9H,1-2H3,(H,24,25,26);3-9H,1-2H3,(H2,23,24,25,26);4-8H,1-3H3;3-7H,1-2H3;3-7H,1-2H3,(H,18,19);3-7H,1-2H3. The second-order valence-electron chi connectivity index (χ2n) is 29.2. The summed E-state index contributed by atoms with van der Waals surface area (Å²) < 4.78 is 119. The summed E-state index contributed by atoms with van der Waals surface area (Å²) in [4.78, 5) is 71.3. The molecule has 0 aliphatic carbocycles. The van der Waals surface area contributed by atoms with Gasteiger partial charge in [0.2, 0.25) is 0 Å². The van der Waals surface area contributed by atoms with E-state index in [4.69, 9.17) is 126 Å². The topological polar surface area (TPSA) is 266 Å². The van der Waals surface area contributed by atoms with Crippen LogP contribution in [0.3, 0.4) is 0 Å². The molecule has 0 aliphatic heterocycles. The second-order valence-corrected chi connectivity index (χ2v) is 33.2. The lowest BCUT2D eigenvalue weighted by Gasteiger charge is -2.15. The molecule has 4 N–H and O–H groups in total. The van der Waals surface area contributed by atoms with Crippen molar-refractivity contribution in [3.8, 4) is 69.0 Å². The lowest BCUT2D eigenvalue weighted by Crippen LogP contribution is -2.16. The average molecular weight is 2040 g/mol. The number of carbonyl (C=O) groups excluding carboxylic acids is 4. The van der Waals surface area contributed by atoms with E-state index in [1.807, 2.05) is 13.0 Å². The Bertz CT molecular complexity index is 6720. The third kappa shape index (κ3) is 29.7. The van der Waals surface area contributed by atoms with Gasteiger partial charge in [0.25, 0.3) is 22.6 Å². The highest BCUT2D eigenvalue weighted by Gasteiger charge is 2.24. The number of rotatable bonds is 19. The molecule has 2 heterocycles. The quantitative estimate of drug-likeness (QED) is 0.0333. The summed E-state index contributed by atoms with van der Waals surface area (Å²) in [6.45, 7) is 21.0. The van der Waals surface area contributed by atoms with Crippen LogP contribution in [0.4, 0.5) is 37.7 Å². The number of carbonyl (C=O) groups is 5. The molecule has 12 aromatic carbocycles. The summed E-state index contributed by atoms with van der Waals surface area (Å²) >= 11 is 51.3. The molecule has 2 aromatic heterocycles. The number of hydrogen-bond acceptors (Lipinski definition) is 16. The van der Waals surface area contributed by atoms with E-state index in [-0.39, 0.29) is 102 Å². The minimum absolute atomic E-state index is 0.00984. The van der Waals surface area contributed by atoms with Crippen molar-refractivity contribution in [2.45, 2.75) is 83.1 Å².